The number of nitrogens with zero attached hydrogens (tertiary/aromatic N) is 4. The van der Waals surface area contributed by atoms with Crippen molar-refractivity contribution in [2.45, 2.75) is 20.8 Å². The summed E-state index contributed by atoms with van der Waals surface area (Å²) >= 11 is 1.47. The molecule has 0 aliphatic rings. The van der Waals surface area contributed by atoms with Crippen LogP contribution in [0.2, 0.25) is 0 Å². The first-order valence-electron chi connectivity index (χ1n) is 9.27. The first-order chi connectivity index (χ1) is 13.7. The predicted molar refractivity (Wildman–Crippen MR) is 124 cm³/mol. The second-order valence-corrected chi connectivity index (χ2v) is 8.37. The summed E-state index contributed by atoms with van der Waals surface area (Å²) in [6, 6.07) is 8.71. The Morgan fingerprint density at radius 2 is 1.87 bits per heavy atom. The van der Waals surface area contributed by atoms with Crippen molar-refractivity contribution in [1.29, 1.82) is 0 Å². The molecule has 1 aromatic heterocycles. The Morgan fingerprint density at radius 1 is 1.17 bits per heavy atom. The van der Waals surface area contributed by atoms with Gasteiger partial charge in [0.05, 0.1) is 15.1 Å². The molecule has 0 fully saturated rings. The van der Waals surface area contributed by atoms with Crippen molar-refractivity contribution in [3.63, 3.8) is 0 Å². The van der Waals surface area contributed by atoms with Gasteiger partial charge in [-0.25, -0.2) is 4.98 Å². The van der Waals surface area contributed by atoms with Gasteiger partial charge in [0.15, 0.2) is 5.13 Å². The zero-order chi connectivity index (χ0) is 21.3. The third-order valence-electron chi connectivity index (χ3n) is 4.79. The maximum atomic E-state index is 13.4. The number of fused-ring (bicyclic) bond motifs is 1. The van der Waals surface area contributed by atoms with Crippen molar-refractivity contribution in [1.82, 2.24) is 9.88 Å². The minimum absolute atomic E-state index is 0. The lowest BCUT2D eigenvalue weighted by Gasteiger charge is -2.22. The number of amides is 1. The molecule has 1 heterocycles. The van der Waals surface area contributed by atoms with Gasteiger partial charge in [-0.05, 0) is 58.1 Å². The fourth-order valence-electron chi connectivity index (χ4n) is 3.26. The molecule has 160 valence electrons. The standard InChI is InChI=1S/C21H24N4O3S.ClH/c1-13-11-14(2)19-17(12-13)22-21(29-19)24(10-9-23(4)5)20(26)16-7-6-8-18(15(16)3)25(27)28;/h6-8,11-12H,9-10H2,1-5H3;1H. The van der Waals surface area contributed by atoms with Crippen LogP contribution in [0.1, 0.15) is 27.0 Å². The van der Waals surface area contributed by atoms with Crippen molar-refractivity contribution < 1.29 is 9.72 Å². The van der Waals surface area contributed by atoms with E-state index in [0.717, 1.165) is 21.3 Å². The largest absolute Gasteiger partial charge is 0.308 e. The van der Waals surface area contributed by atoms with Crippen molar-refractivity contribution in [3.05, 3.63) is 62.7 Å². The molecule has 2 aromatic carbocycles. The number of nitro benzene ring substituents is 1. The Hall–Kier alpha value is -2.55. The molecule has 30 heavy (non-hydrogen) atoms. The van der Waals surface area contributed by atoms with E-state index in [4.69, 9.17) is 4.98 Å². The molecule has 1 amide bonds. The van der Waals surface area contributed by atoms with Gasteiger partial charge < -0.3 is 4.90 Å². The van der Waals surface area contributed by atoms with Gasteiger partial charge in [0.1, 0.15) is 0 Å². The lowest BCUT2D eigenvalue weighted by molar-refractivity contribution is -0.385. The molecule has 0 unspecified atom stereocenters. The molecule has 0 radical (unpaired) electrons. The van der Waals surface area contributed by atoms with Crippen LogP contribution in [0.3, 0.4) is 0 Å². The number of anilines is 1. The second-order valence-electron chi connectivity index (χ2n) is 7.39. The summed E-state index contributed by atoms with van der Waals surface area (Å²) in [5.74, 6) is -0.276. The van der Waals surface area contributed by atoms with Crippen LogP contribution in [0.25, 0.3) is 10.2 Å². The minimum Gasteiger partial charge on any atom is -0.308 e. The summed E-state index contributed by atoms with van der Waals surface area (Å²) in [7, 11) is 3.88. The molecular formula is C21H25ClN4O3S. The molecule has 3 aromatic rings. The molecule has 0 saturated heterocycles. The van der Waals surface area contributed by atoms with Gasteiger partial charge in [-0.2, -0.15) is 0 Å². The number of benzene rings is 2. The highest BCUT2D eigenvalue weighted by atomic mass is 35.5. The normalized spacial score (nSPS) is 10.9. The minimum atomic E-state index is -0.458. The van der Waals surface area contributed by atoms with Crippen LogP contribution in [0, 0.1) is 30.9 Å². The molecule has 0 saturated carbocycles. The van der Waals surface area contributed by atoms with E-state index < -0.39 is 4.92 Å². The SMILES string of the molecule is Cc1cc(C)c2sc(N(CCN(C)C)C(=O)c3cccc([N+](=O)[O-])c3C)nc2c1.Cl. The van der Waals surface area contributed by atoms with Gasteiger partial charge in [0.2, 0.25) is 0 Å². The Labute approximate surface area is 185 Å². The quantitative estimate of drug-likeness (QED) is 0.401. The Bertz CT molecular complexity index is 1100. The van der Waals surface area contributed by atoms with Crippen molar-refractivity contribution in [2.75, 3.05) is 32.1 Å². The van der Waals surface area contributed by atoms with E-state index in [1.807, 2.05) is 38.9 Å². The van der Waals surface area contributed by atoms with Crippen LogP contribution >= 0.6 is 23.7 Å². The predicted octanol–water partition coefficient (Wildman–Crippen LogP) is 4.76. The molecule has 0 bridgehead atoms. The van der Waals surface area contributed by atoms with E-state index in [-0.39, 0.29) is 24.0 Å². The molecule has 0 N–H and O–H groups in total. The Balaban J connectivity index is 0.00000320. The summed E-state index contributed by atoms with van der Waals surface area (Å²) in [6.45, 7) is 6.75. The highest BCUT2D eigenvalue weighted by Crippen LogP contribution is 2.33. The van der Waals surface area contributed by atoms with Gasteiger partial charge in [0, 0.05) is 30.3 Å². The number of thiazole rings is 1. The van der Waals surface area contributed by atoms with Crippen LogP contribution in [0.5, 0.6) is 0 Å². The third-order valence-corrected chi connectivity index (χ3v) is 6.02. The van der Waals surface area contributed by atoms with Crippen molar-refractivity contribution in [2.24, 2.45) is 0 Å². The van der Waals surface area contributed by atoms with Gasteiger partial charge in [-0.3, -0.25) is 19.8 Å². The number of hydrogen-bond acceptors (Lipinski definition) is 6. The number of rotatable bonds is 6. The van der Waals surface area contributed by atoms with Crippen molar-refractivity contribution >= 4 is 50.7 Å². The van der Waals surface area contributed by atoms with Crippen LogP contribution in [-0.2, 0) is 0 Å². The molecule has 9 heteroatoms. The average Bonchev–Trinajstić information content (AvgIpc) is 3.05. The molecule has 0 aliphatic heterocycles. The molecule has 0 aliphatic carbocycles. The van der Waals surface area contributed by atoms with E-state index in [9.17, 15) is 14.9 Å². The van der Waals surface area contributed by atoms with Gasteiger partial charge in [-0.1, -0.05) is 23.5 Å². The molecular weight excluding hydrogens is 424 g/mol. The van der Waals surface area contributed by atoms with Crippen molar-refractivity contribution in [3.8, 4) is 0 Å². The smallest absolute Gasteiger partial charge is 0.273 e. The zero-order valence-corrected chi connectivity index (χ0v) is 19.3. The topological polar surface area (TPSA) is 79.6 Å². The van der Waals surface area contributed by atoms with E-state index in [1.54, 1.807) is 24.0 Å². The Kier molecular flexibility index (Phi) is 7.52. The lowest BCUT2D eigenvalue weighted by Crippen LogP contribution is -2.37. The number of likely N-dealkylation sites (N-methyl/N-ethyl adjacent to an activating group) is 1. The fraction of sp³-hybridized carbons (Fsp3) is 0.333. The number of aromatic nitrogens is 1. The zero-order valence-electron chi connectivity index (χ0n) is 17.6. The molecule has 7 nitrogen and oxygen atoms in total. The van der Waals surface area contributed by atoms with Crippen LogP contribution in [-0.4, -0.2) is 47.9 Å². The average molecular weight is 449 g/mol. The summed E-state index contributed by atoms with van der Waals surface area (Å²) < 4.78 is 1.05. The number of aryl methyl sites for hydroxylation is 2. The number of halogens is 1. The molecule has 0 atom stereocenters. The molecule has 3 rings (SSSR count). The van der Waals surface area contributed by atoms with Gasteiger partial charge in [0.25, 0.3) is 11.6 Å². The second kappa shape index (κ2) is 9.51. The van der Waals surface area contributed by atoms with Crippen LogP contribution in [0.15, 0.2) is 30.3 Å². The highest BCUT2D eigenvalue weighted by molar-refractivity contribution is 7.22. The monoisotopic (exact) mass is 448 g/mol. The number of carbonyl (C=O) groups excluding carboxylic acids is 1. The van der Waals surface area contributed by atoms with E-state index in [2.05, 4.69) is 6.07 Å². The fourth-order valence-corrected chi connectivity index (χ4v) is 4.30. The van der Waals surface area contributed by atoms with Crippen LogP contribution in [0.4, 0.5) is 10.8 Å². The summed E-state index contributed by atoms with van der Waals surface area (Å²) in [5.41, 5.74) is 3.73. The maximum Gasteiger partial charge on any atom is 0.273 e. The lowest BCUT2D eigenvalue weighted by atomic mass is 10.1. The molecule has 0 spiro atoms. The van der Waals surface area contributed by atoms with Gasteiger partial charge >= 0.3 is 0 Å². The summed E-state index contributed by atoms with van der Waals surface area (Å²) in [6.07, 6.45) is 0. The van der Waals surface area contributed by atoms with E-state index >= 15 is 0 Å². The number of carbonyl (C=O) groups is 1. The summed E-state index contributed by atoms with van der Waals surface area (Å²) in [4.78, 5) is 32.6. The first kappa shape index (κ1) is 23.7. The number of nitro groups is 1. The van der Waals surface area contributed by atoms with Crippen LogP contribution < -0.4 is 4.90 Å². The maximum absolute atomic E-state index is 13.4. The number of hydrogen-bond donors (Lipinski definition) is 0. The third kappa shape index (κ3) is 4.77. The first-order valence-corrected chi connectivity index (χ1v) is 10.1. The summed E-state index contributed by atoms with van der Waals surface area (Å²) in [5, 5.41) is 11.9. The Morgan fingerprint density at radius 3 is 2.50 bits per heavy atom. The van der Waals surface area contributed by atoms with E-state index in [0.29, 0.717) is 29.3 Å². The van der Waals surface area contributed by atoms with E-state index in [1.165, 1.54) is 17.4 Å². The highest BCUT2D eigenvalue weighted by Gasteiger charge is 2.26. The van der Waals surface area contributed by atoms with Gasteiger partial charge in [-0.15, -0.1) is 12.4 Å².